The highest BCUT2D eigenvalue weighted by molar-refractivity contribution is 6.06. The molecule has 0 amide bonds. The Morgan fingerprint density at radius 1 is 0.333 bits per heavy atom. The average Bonchev–Trinajstić information content (AvgIpc) is 3.74. The summed E-state index contributed by atoms with van der Waals surface area (Å²) < 4.78 is 0. The number of hydrogen-bond acceptors (Lipinski definition) is 1. The molecule has 10 aromatic carbocycles. The molecule has 0 N–H and O–H groups in total. The highest BCUT2D eigenvalue weighted by Gasteiger charge is 2.40. The predicted octanol–water partition coefficient (Wildman–Crippen LogP) is 17.0. The molecule has 0 saturated heterocycles. The van der Waals surface area contributed by atoms with Crippen LogP contribution in [0.15, 0.2) is 237 Å². The van der Waals surface area contributed by atoms with Crippen molar-refractivity contribution in [2.45, 2.75) is 43.9 Å². The van der Waals surface area contributed by atoms with Crippen LogP contribution in [0.2, 0.25) is 0 Å². The van der Waals surface area contributed by atoms with E-state index in [1.54, 1.807) is 0 Å². The molecule has 66 heavy (non-hydrogen) atoms. The molecule has 2 aliphatic carbocycles. The van der Waals surface area contributed by atoms with Crippen LogP contribution >= 0.6 is 0 Å². The lowest BCUT2D eigenvalue weighted by Gasteiger charge is -2.37. The molecular weight excluding hydrogens is 795 g/mol. The van der Waals surface area contributed by atoms with Gasteiger partial charge in [-0.2, -0.15) is 0 Å². The molecule has 2 aliphatic rings. The van der Waals surface area contributed by atoms with Crippen molar-refractivity contribution in [3.8, 4) is 33.4 Å². The van der Waals surface area contributed by atoms with Crippen molar-refractivity contribution in [2.24, 2.45) is 0 Å². The predicted molar refractivity (Wildman–Crippen MR) is 278 cm³/mol. The number of anilines is 3. The number of rotatable bonds is 8. The Morgan fingerprint density at radius 3 is 1.35 bits per heavy atom. The van der Waals surface area contributed by atoms with Crippen LogP contribution in [-0.4, -0.2) is 0 Å². The number of benzene rings is 10. The Hall–Kier alpha value is -7.74. The molecule has 1 nitrogen and oxygen atoms in total. The minimum absolute atomic E-state index is 0.0806. The van der Waals surface area contributed by atoms with E-state index in [1.807, 2.05) is 0 Å². The van der Waals surface area contributed by atoms with Gasteiger partial charge in [0.15, 0.2) is 0 Å². The molecule has 0 radical (unpaired) electrons. The van der Waals surface area contributed by atoms with Gasteiger partial charge in [0.1, 0.15) is 0 Å². The zero-order chi connectivity index (χ0) is 44.6. The van der Waals surface area contributed by atoms with Crippen molar-refractivity contribution in [3.05, 3.63) is 281 Å². The molecular formula is C65H51N. The lowest BCUT2D eigenvalue weighted by Crippen LogP contribution is -2.31. The van der Waals surface area contributed by atoms with Gasteiger partial charge in [-0.25, -0.2) is 0 Å². The van der Waals surface area contributed by atoms with E-state index in [1.165, 1.54) is 88.7 Å². The molecule has 0 atom stereocenters. The van der Waals surface area contributed by atoms with E-state index >= 15 is 0 Å². The first-order valence-electron chi connectivity index (χ1n) is 23.3. The van der Waals surface area contributed by atoms with Gasteiger partial charge >= 0.3 is 0 Å². The van der Waals surface area contributed by atoms with Gasteiger partial charge in [-0.3, -0.25) is 0 Å². The van der Waals surface area contributed by atoms with Crippen LogP contribution in [0.3, 0.4) is 0 Å². The average molecular weight is 846 g/mol. The molecule has 0 spiro atoms. The van der Waals surface area contributed by atoms with Crippen molar-refractivity contribution < 1.29 is 0 Å². The van der Waals surface area contributed by atoms with Gasteiger partial charge in [0.05, 0.1) is 11.1 Å². The van der Waals surface area contributed by atoms with Crippen LogP contribution in [0.4, 0.5) is 17.1 Å². The van der Waals surface area contributed by atoms with Gasteiger partial charge in [0, 0.05) is 27.8 Å². The summed E-state index contributed by atoms with van der Waals surface area (Å²) in [6, 6.07) is 88.3. The first kappa shape index (κ1) is 39.8. The summed E-state index contributed by atoms with van der Waals surface area (Å²) in [5.41, 5.74) is 20.7. The van der Waals surface area contributed by atoms with E-state index in [0.29, 0.717) is 0 Å². The van der Waals surface area contributed by atoms with Crippen LogP contribution in [0.25, 0.3) is 44.2 Å². The maximum Gasteiger partial charge on any atom is 0.0701 e. The summed E-state index contributed by atoms with van der Waals surface area (Å²) in [5.74, 6) is 0. The Kier molecular flexibility index (Phi) is 9.16. The van der Waals surface area contributed by atoms with Crippen molar-refractivity contribution >= 4 is 27.8 Å². The third-order valence-electron chi connectivity index (χ3n) is 15.0. The molecule has 0 aromatic heterocycles. The zero-order valence-corrected chi connectivity index (χ0v) is 38.0. The normalized spacial score (nSPS) is 14.0. The van der Waals surface area contributed by atoms with Gasteiger partial charge in [-0.15, -0.1) is 0 Å². The maximum atomic E-state index is 2.51. The largest absolute Gasteiger partial charge is 0.310 e. The SMILES string of the molecule is CC1(C)c2ccccc2-c2cc(-c3c(N(c4ccc(C(c5ccccc5)(c5ccccc5)c5ccccc5)cc4)c4ccc5c(c4)-c4ccccc4C5(C)C)ccc4ccccc34)ccc21. The van der Waals surface area contributed by atoms with E-state index in [4.69, 9.17) is 0 Å². The number of nitrogens with zero attached hydrogens (tertiary/aromatic N) is 1. The molecule has 0 heterocycles. The summed E-state index contributed by atoms with van der Waals surface area (Å²) in [7, 11) is 0. The smallest absolute Gasteiger partial charge is 0.0701 e. The fourth-order valence-electron chi connectivity index (χ4n) is 11.8. The molecule has 0 unspecified atom stereocenters. The van der Waals surface area contributed by atoms with Crippen molar-refractivity contribution in [3.63, 3.8) is 0 Å². The molecule has 0 aliphatic heterocycles. The summed E-state index contributed by atoms with van der Waals surface area (Å²) in [6.07, 6.45) is 0. The Bertz CT molecular complexity index is 3360. The van der Waals surface area contributed by atoms with Crippen molar-refractivity contribution in [1.82, 2.24) is 0 Å². The summed E-state index contributed by atoms with van der Waals surface area (Å²) in [4.78, 5) is 2.51. The molecule has 10 aromatic rings. The minimum atomic E-state index is -0.557. The third kappa shape index (κ3) is 5.93. The fourth-order valence-corrected chi connectivity index (χ4v) is 11.8. The second-order valence-corrected chi connectivity index (χ2v) is 19.2. The quantitative estimate of drug-likeness (QED) is 0.138. The second-order valence-electron chi connectivity index (χ2n) is 19.2. The topological polar surface area (TPSA) is 3.24 Å². The molecule has 12 rings (SSSR count). The van der Waals surface area contributed by atoms with Crippen LogP contribution in [0, 0.1) is 0 Å². The summed E-state index contributed by atoms with van der Waals surface area (Å²) >= 11 is 0. The van der Waals surface area contributed by atoms with Gasteiger partial charge < -0.3 is 4.90 Å². The van der Waals surface area contributed by atoms with Crippen molar-refractivity contribution in [2.75, 3.05) is 4.90 Å². The first-order chi connectivity index (χ1) is 32.3. The maximum absolute atomic E-state index is 2.51. The molecule has 316 valence electrons. The minimum Gasteiger partial charge on any atom is -0.310 e. The van der Waals surface area contributed by atoms with E-state index in [-0.39, 0.29) is 10.8 Å². The van der Waals surface area contributed by atoms with Crippen LogP contribution < -0.4 is 4.90 Å². The van der Waals surface area contributed by atoms with Crippen LogP contribution in [-0.2, 0) is 16.2 Å². The van der Waals surface area contributed by atoms with E-state index in [2.05, 4.69) is 269 Å². The summed E-state index contributed by atoms with van der Waals surface area (Å²) in [5, 5.41) is 2.45. The zero-order valence-electron chi connectivity index (χ0n) is 38.0. The van der Waals surface area contributed by atoms with Gasteiger partial charge in [0.2, 0.25) is 0 Å². The summed E-state index contributed by atoms with van der Waals surface area (Å²) in [6.45, 7) is 9.45. The lowest BCUT2D eigenvalue weighted by molar-refractivity contribution is 0.660. The monoisotopic (exact) mass is 845 g/mol. The van der Waals surface area contributed by atoms with E-state index < -0.39 is 5.41 Å². The third-order valence-corrected chi connectivity index (χ3v) is 15.0. The fraction of sp³-hybridized carbons (Fsp3) is 0.108. The molecule has 0 bridgehead atoms. The number of hydrogen-bond donors (Lipinski definition) is 0. The molecule has 0 fully saturated rings. The Morgan fingerprint density at radius 2 is 0.773 bits per heavy atom. The van der Waals surface area contributed by atoms with Crippen LogP contribution in [0.1, 0.15) is 72.2 Å². The molecule has 0 saturated carbocycles. The molecule has 1 heteroatoms. The highest BCUT2D eigenvalue weighted by atomic mass is 15.1. The first-order valence-corrected chi connectivity index (χ1v) is 23.3. The standard InChI is InChI=1S/C65H51N/c1-63(2)57-30-18-16-28-53(57)55-42-45(32-39-59(55)63)62-52-27-15-14-20-44(52)33-41-61(62)66(51-38-40-60-56(43-51)54-29-17-19-31-58(54)64(60,3)4)50-36-34-49(35-37-50)65(46-21-8-5-9-22-46,47-23-10-6-11-24-47)48-25-12-7-13-26-48/h5-43H,1-4H3. The van der Waals surface area contributed by atoms with Crippen LogP contribution in [0.5, 0.6) is 0 Å². The highest BCUT2D eigenvalue weighted by Crippen LogP contribution is 2.54. The van der Waals surface area contributed by atoms with E-state index in [9.17, 15) is 0 Å². The van der Waals surface area contributed by atoms with Crippen molar-refractivity contribution in [1.29, 1.82) is 0 Å². The van der Waals surface area contributed by atoms with Gasteiger partial charge in [-0.05, 0) is 119 Å². The van der Waals surface area contributed by atoms with Gasteiger partial charge in [0.25, 0.3) is 0 Å². The Labute approximate surface area is 389 Å². The lowest BCUT2D eigenvalue weighted by atomic mass is 9.65. The van der Waals surface area contributed by atoms with Gasteiger partial charge in [-0.1, -0.05) is 228 Å². The second kappa shape index (κ2) is 15.2. The number of fused-ring (bicyclic) bond motifs is 7. The Balaban J connectivity index is 1.12. The van der Waals surface area contributed by atoms with E-state index in [0.717, 1.165) is 17.1 Å².